The maximum absolute atomic E-state index is 3.74. The lowest BCUT2D eigenvalue weighted by molar-refractivity contribution is 0.280. The first-order valence-electron chi connectivity index (χ1n) is 8.75. The molecule has 21 heavy (non-hydrogen) atoms. The molecule has 118 valence electrons. The summed E-state index contributed by atoms with van der Waals surface area (Å²) in [6, 6.07) is 9.54. The molecule has 0 aromatic heterocycles. The molecular formula is C19H32N2. The molecule has 1 saturated heterocycles. The molecule has 2 heteroatoms. The highest BCUT2D eigenvalue weighted by Gasteiger charge is 2.24. The molecule has 0 radical (unpaired) electrons. The Morgan fingerprint density at radius 3 is 2.62 bits per heavy atom. The Hall–Kier alpha value is -0.860. The molecule has 0 saturated carbocycles. The molecule has 1 aliphatic heterocycles. The van der Waals surface area contributed by atoms with Crippen LogP contribution in [0, 0.1) is 12.8 Å². The van der Waals surface area contributed by atoms with E-state index in [9.17, 15) is 0 Å². The largest absolute Gasteiger partial charge is 0.309 e. The van der Waals surface area contributed by atoms with Crippen molar-refractivity contribution in [2.24, 2.45) is 5.92 Å². The van der Waals surface area contributed by atoms with Crippen LogP contribution >= 0.6 is 0 Å². The number of nitrogens with zero attached hydrogens (tertiary/aromatic N) is 1. The number of hydrogen-bond donors (Lipinski definition) is 1. The summed E-state index contributed by atoms with van der Waals surface area (Å²) in [5, 5.41) is 3.74. The van der Waals surface area contributed by atoms with Gasteiger partial charge >= 0.3 is 0 Å². The van der Waals surface area contributed by atoms with Gasteiger partial charge in [0.25, 0.3) is 0 Å². The van der Waals surface area contributed by atoms with Gasteiger partial charge in [-0.2, -0.15) is 0 Å². The molecule has 1 aliphatic rings. The lowest BCUT2D eigenvalue weighted by Gasteiger charge is -2.25. The van der Waals surface area contributed by atoms with Crippen molar-refractivity contribution in [2.75, 3.05) is 26.2 Å². The predicted molar refractivity (Wildman–Crippen MR) is 91.7 cm³/mol. The average Bonchev–Trinajstić information content (AvgIpc) is 2.92. The van der Waals surface area contributed by atoms with Gasteiger partial charge in [-0.25, -0.2) is 0 Å². The van der Waals surface area contributed by atoms with Gasteiger partial charge in [0.2, 0.25) is 0 Å². The molecule has 2 nitrogen and oxygen atoms in total. The molecule has 0 bridgehead atoms. The first kappa shape index (κ1) is 16.5. The van der Waals surface area contributed by atoms with Crippen LogP contribution in [0.25, 0.3) is 0 Å². The molecule has 1 aromatic rings. The van der Waals surface area contributed by atoms with Crippen molar-refractivity contribution in [3.05, 3.63) is 35.4 Å². The highest BCUT2D eigenvalue weighted by atomic mass is 15.2. The lowest BCUT2D eigenvalue weighted by atomic mass is 10.0. The second-order valence-electron chi connectivity index (χ2n) is 6.62. The first-order chi connectivity index (χ1) is 10.2. The van der Waals surface area contributed by atoms with E-state index >= 15 is 0 Å². The summed E-state index contributed by atoms with van der Waals surface area (Å²) in [5.41, 5.74) is 2.78. The van der Waals surface area contributed by atoms with Crippen molar-refractivity contribution in [3.63, 3.8) is 0 Å². The van der Waals surface area contributed by atoms with E-state index in [2.05, 4.69) is 55.3 Å². The number of nitrogens with one attached hydrogen (secondary N) is 1. The van der Waals surface area contributed by atoms with E-state index in [1.807, 2.05) is 0 Å². The van der Waals surface area contributed by atoms with Crippen molar-refractivity contribution in [1.82, 2.24) is 10.2 Å². The molecule has 2 unspecified atom stereocenters. The van der Waals surface area contributed by atoms with Crippen LogP contribution < -0.4 is 5.32 Å². The molecule has 0 spiro atoms. The predicted octanol–water partition coefficient (Wildman–Crippen LogP) is 4.16. The summed E-state index contributed by atoms with van der Waals surface area (Å²) in [4.78, 5) is 2.66. The smallest absolute Gasteiger partial charge is 0.0449 e. The maximum Gasteiger partial charge on any atom is 0.0449 e. The fourth-order valence-corrected chi connectivity index (χ4v) is 3.39. The van der Waals surface area contributed by atoms with E-state index in [4.69, 9.17) is 0 Å². The van der Waals surface area contributed by atoms with Gasteiger partial charge in [-0.1, -0.05) is 50.1 Å². The molecule has 2 atom stereocenters. The van der Waals surface area contributed by atoms with E-state index in [1.165, 1.54) is 49.9 Å². The van der Waals surface area contributed by atoms with Gasteiger partial charge in [-0.3, -0.25) is 0 Å². The zero-order valence-corrected chi connectivity index (χ0v) is 14.1. The molecule has 0 amide bonds. The van der Waals surface area contributed by atoms with Crippen LogP contribution in [0.15, 0.2) is 24.3 Å². The SMILES string of the molecule is CCCNC(CN1CCC(CCC)C1)c1ccc(C)cc1. The van der Waals surface area contributed by atoms with Gasteiger partial charge in [0.15, 0.2) is 0 Å². The highest BCUT2D eigenvalue weighted by molar-refractivity contribution is 5.24. The molecule has 1 aromatic carbocycles. The summed E-state index contributed by atoms with van der Waals surface area (Å²) in [7, 11) is 0. The quantitative estimate of drug-likeness (QED) is 0.773. The van der Waals surface area contributed by atoms with Crippen molar-refractivity contribution in [3.8, 4) is 0 Å². The zero-order valence-electron chi connectivity index (χ0n) is 14.1. The van der Waals surface area contributed by atoms with Gasteiger partial charge in [0.05, 0.1) is 0 Å². The van der Waals surface area contributed by atoms with Crippen LogP contribution in [0.1, 0.15) is 56.7 Å². The number of likely N-dealkylation sites (tertiary alicyclic amines) is 1. The fourth-order valence-electron chi connectivity index (χ4n) is 3.39. The lowest BCUT2D eigenvalue weighted by Crippen LogP contribution is -2.34. The van der Waals surface area contributed by atoms with Crippen molar-refractivity contribution >= 4 is 0 Å². The fraction of sp³-hybridized carbons (Fsp3) is 0.684. The normalized spacial score (nSPS) is 20.8. The standard InChI is InChI=1S/C19H32N2/c1-4-6-17-11-13-21(14-17)15-19(20-12-5-2)18-9-7-16(3)8-10-18/h7-10,17,19-20H,4-6,11-15H2,1-3H3. The number of aryl methyl sites for hydroxylation is 1. The summed E-state index contributed by atoms with van der Waals surface area (Å²) in [6.07, 6.45) is 5.31. The Kier molecular flexibility index (Phi) is 6.72. The maximum atomic E-state index is 3.74. The Morgan fingerprint density at radius 1 is 1.19 bits per heavy atom. The van der Waals surface area contributed by atoms with E-state index in [1.54, 1.807) is 0 Å². The second kappa shape index (κ2) is 8.55. The van der Waals surface area contributed by atoms with Crippen LogP contribution in [0.3, 0.4) is 0 Å². The van der Waals surface area contributed by atoms with Crippen molar-refractivity contribution in [2.45, 2.75) is 52.5 Å². The molecule has 1 heterocycles. The number of hydrogen-bond acceptors (Lipinski definition) is 2. The van der Waals surface area contributed by atoms with Crippen LogP contribution in [0.5, 0.6) is 0 Å². The van der Waals surface area contributed by atoms with E-state index in [-0.39, 0.29) is 0 Å². The molecule has 1 fully saturated rings. The molecule has 0 aliphatic carbocycles. The molecule has 2 rings (SSSR count). The van der Waals surface area contributed by atoms with E-state index in [0.29, 0.717) is 6.04 Å². The molecule has 1 N–H and O–H groups in total. The highest BCUT2D eigenvalue weighted by Crippen LogP contribution is 2.24. The number of rotatable bonds is 8. The Morgan fingerprint density at radius 2 is 1.95 bits per heavy atom. The Balaban J connectivity index is 1.95. The molecular weight excluding hydrogens is 256 g/mol. The summed E-state index contributed by atoms with van der Waals surface area (Å²) < 4.78 is 0. The average molecular weight is 288 g/mol. The van der Waals surface area contributed by atoms with Crippen molar-refractivity contribution < 1.29 is 0 Å². The minimum atomic E-state index is 0.478. The first-order valence-corrected chi connectivity index (χ1v) is 8.75. The second-order valence-corrected chi connectivity index (χ2v) is 6.62. The summed E-state index contributed by atoms with van der Waals surface area (Å²) in [6.45, 7) is 11.5. The monoisotopic (exact) mass is 288 g/mol. The third-order valence-electron chi connectivity index (χ3n) is 4.63. The van der Waals surface area contributed by atoms with Gasteiger partial charge in [0.1, 0.15) is 0 Å². The van der Waals surface area contributed by atoms with Gasteiger partial charge in [-0.15, -0.1) is 0 Å². The summed E-state index contributed by atoms with van der Waals surface area (Å²) >= 11 is 0. The summed E-state index contributed by atoms with van der Waals surface area (Å²) in [5.74, 6) is 0.930. The third kappa shape index (κ3) is 5.12. The van der Waals surface area contributed by atoms with Crippen LogP contribution in [-0.2, 0) is 0 Å². The van der Waals surface area contributed by atoms with Crippen LogP contribution in [0.4, 0.5) is 0 Å². The van der Waals surface area contributed by atoms with E-state index < -0.39 is 0 Å². The topological polar surface area (TPSA) is 15.3 Å². The van der Waals surface area contributed by atoms with Crippen molar-refractivity contribution in [1.29, 1.82) is 0 Å². The zero-order chi connectivity index (χ0) is 15.1. The number of benzene rings is 1. The van der Waals surface area contributed by atoms with Gasteiger partial charge < -0.3 is 10.2 Å². The minimum absolute atomic E-state index is 0.478. The Labute approximate surface area is 130 Å². The van der Waals surface area contributed by atoms with Crippen LogP contribution in [0.2, 0.25) is 0 Å². The third-order valence-corrected chi connectivity index (χ3v) is 4.63. The van der Waals surface area contributed by atoms with Gasteiger partial charge in [-0.05, 0) is 50.8 Å². The minimum Gasteiger partial charge on any atom is -0.309 e. The van der Waals surface area contributed by atoms with E-state index in [0.717, 1.165) is 19.0 Å². The van der Waals surface area contributed by atoms with Gasteiger partial charge in [0, 0.05) is 19.1 Å². The van der Waals surface area contributed by atoms with Crippen LogP contribution in [-0.4, -0.2) is 31.1 Å². The Bertz CT molecular complexity index is 399.